The van der Waals surface area contributed by atoms with Crippen molar-refractivity contribution in [3.63, 3.8) is 0 Å². The summed E-state index contributed by atoms with van der Waals surface area (Å²) in [5.74, 6) is -0.335. The summed E-state index contributed by atoms with van der Waals surface area (Å²) >= 11 is 0. The molecule has 1 aliphatic rings. The highest BCUT2D eigenvalue weighted by atomic mass is 16.5. The third-order valence-electron chi connectivity index (χ3n) is 4.27. The summed E-state index contributed by atoms with van der Waals surface area (Å²) in [5, 5.41) is 14.2. The number of esters is 1. The van der Waals surface area contributed by atoms with Gasteiger partial charge in [-0.05, 0) is 37.5 Å². The Morgan fingerprint density at radius 1 is 1.27 bits per heavy atom. The van der Waals surface area contributed by atoms with Gasteiger partial charge < -0.3 is 9.84 Å². The van der Waals surface area contributed by atoms with Crippen LogP contribution in [0.4, 0.5) is 0 Å². The number of aliphatic hydroxyl groups is 1. The molecule has 3 atom stereocenters. The fourth-order valence-electron chi connectivity index (χ4n) is 3.10. The van der Waals surface area contributed by atoms with Gasteiger partial charge in [0.05, 0.1) is 11.7 Å². The lowest BCUT2D eigenvalue weighted by molar-refractivity contribution is -0.00698. The molecule has 0 unspecified atom stereocenters. The molecule has 1 aromatic heterocycles. The number of nitrogens with zero attached hydrogens (tertiary/aromatic N) is 2. The van der Waals surface area contributed by atoms with E-state index in [4.69, 9.17) is 4.74 Å². The highest BCUT2D eigenvalue weighted by Crippen LogP contribution is 2.35. The summed E-state index contributed by atoms with van der Waals surface area (Å²) in [7, 11) is 1.87. The number of rotatable bonds is 3. The molecular formula is C17H20N2O3. The van der Waals surface area contributed by atoms with Crippen molar-refractivity contribution in [2.45, 2.75) is 37.4 Å². The second-order valence-corrected chi connectivity index (χ2v) is 5.76. The van der Waals surface area contributed by atoms with Gasteiger partial charge in [-0.25, -0.2) is 4.79 Å². The Morgan fingerprint density at radius 2 is 2.05 bits per heavy atom. The summed E-state index contributed by atoms with van der Waals surface area (Å²) in [6, 6.07) is 10.9. The summed E-state index contributed by atoms with van der Waals surface area (Å²) in [6.45, 7) is 0. The molecule has 0 aliphatic heterocycles. The molecule has 0 saturated heterocycles. The number of aryl methyl sites for hydroxylation is 1. The minimum atomic E-state index is -0.355. The first-order valence-corrected chi connectivity index (χ1v) is 7.57. The maximum Gasteiger partial charge on any atom is 0.338 e. The van der Waals surface area contributed by atoms with Gasteiger partial charge in [0.2, 0.25) is 0 Å². The van der Waals surface area contributed by atoms with Crippen molar-refractivity contribution in [1.82, 2.24) is 9.78 Å². The first-order chi connectivity index (χ1) is 10.6. The molecule has 22 heavy (non-hydrogen) atoms. The zero-order valence-electron chi connectivity index (χ0n) is 12.6. The number of carbonyl (C=O) groups excluding carboxylic acids is 1. The Labute approximate surface area is 129 Å². The topological polar surface area (TPSA) is 64.3 Å². The van der Waals surface area contributed by atoms with E-state index in [1.54, 1.807) is 23.0 Å². The maximum absolute atomic E-state index is 12.3. The lowest BCUT2D eigenvalue weighted by Gasteiger charge is -2.33. The molecule has 1 heterocycles. The highest BCUT2D eigenvalue weighted by molar-refractivity contribution is 5.89. The molecule has 0 radical (unpaired) electrons. The van der Waals surface area contributed by atoms with E-state index in [0.29, 0.717) is 24.8 Å². The van der Waals surface area contributed by atoms with Gasteiger partial charge in [0, 0.05) is 24.9 Å². The number of ether oxygens (including phenoxy) is 1. The van der Waals surface area contributed by atoms with Crippen LogP contribution < -0.4 is 0 Å². The van der Waals surface area contributed by atoms with E-state index in [1.807, 2.05) is 31.3 Å². The van der Waals surface area contributed by atoms with E-state index < -0.39 is 0 Å². The summed E-state index contributed by atoms with van der Waals surface area (Å²) in [6.07, 6.45) is 3.05. The van der Waals surface area contributed by atoms with E-state index in [1.165, 1.54) is 0 Å². The van der Waals surface area contributed by atoms with E-state index >= 15 is 0 Å². The molecule has 5 nitrogen and oxygen atoms in total. The smallest absolute Gasteiger partial charge is 0.338 e. The first-order valence-electron chi connectivity index (χ1n) is 7.57. The third-order valence-corrected chi connectivity index (χ3v) is 4.27. The normalized spacial score (nSPS) is 24.9. The van der Waals surface area contributed by atoms with Gasteiger partial charge in [-0.2, -0.15) is 5.10 Å². The second kappa shape index (κ2) is 6.32. The number of hydrogen-bond acceptors (Lipinski definition) is 4. The largest absolute Gasteiger partial charge is 0.458 e. The highest BCUT2D eigenvalue weighted by Gasteiger charge is 2.35. The quantitative estimate of drug-likeness (QED) is 0.883. The van der Waals surface area contributed by atoms with Crippen LogP contribution in [0.2, 0.25) is 0 Å². The molecule has 1 aromatic carbocycles. The van der Waals surface area contributed by atoms with Crippen LogP contribution in [0.5, 0.6) is 0 Å². The summed E-state index contributed by atoms with van der Waals surface area (Å²) in [5.41, 5.74) is 1.54. The molecule has 1 aliphatic carbocycles. The predicted octanol–water partition coefficient (Wildman–Crippen LogP) is 2.27. The monoisotopic (exact) mass is 300 g/mol. The van der Waals surface area contributed by atoms with Crippen molar-refractivity contribution in [3.05, 3.63) is 53.9 Å². The van der Waals surface area contributed by atoms with Gasteiger partial charge in [0.15, 0.2) is 0 Å². The van der Waals surface area contributed by atoms with Crippen LogP contribution in [0.15, 0.2) is 42.6 Å². The number of carbonyl (C=O) groups is 1. The molecule has 1 saturated carbocycles. The van der Waals surface area contributed by atoms with Gasteiger partial charge >= 0.3 is 5.97 Å². The van der Waals surface area contributed by atoms with Crippen LogP contribution in [-0.2, 0) is 11.8 Å². The molecule has 1 N–H and O–H groups in total. The number of aromatic nitrogens is 2. The standard InChI is InChI=1S/C17H20N2O3/c1-19-15(9-10-18-19)14-11-13(20)7-8-16(14)22-17(21)12-5-3-2-4-6-12/h2-6,9-10,13-14,16,20H,7-8,11H2,1H3/t13-,14-,16+/m1/s1. The van der Waals surface area contributed by atoms with Crippen LogP contribution in [0.3, 0.4) is 0 Å². The fourth-order valence-corrected chi connectivity index (χ4v) is 3.10. The molecule has 0 spiro atoms. The van der Waals surface area contributed by atoms with E-state index in [-0.39, 0.29) is 24.1 Å². The van der Waals surface area contributed by atoms with E-state index in [0.717, 1.165) is 5.69 Å². The van der Waals surface area contributed by atoms with Gasteiger partial charge in [-0.1, -0.05) is 18.2 Å². The van der Waals surface area contributed by atoms with Crippen molar-refractivity contribution >= 4 is 5.97 Å². The molecule has 5 heteroatoms. The predicted molar refractivity (Wildman–Crippen MR) is 81.5 cm³/mol. The van der Waals surface area contributed by atoms with Crippen molar-refractivity contribution in [3.8, 4) is 0 Å². The fraction of sp³-hybridized carbons (Fsp3) is 0.412. The number of benzene rings is 1. The van der Waals surface area contributed by atoms with Crippen molar-refractivity contribution < 1.29 is 14.6 Å². The lowest BCUT2D eigenvalue weighted by atomic mass is 9.82. The zero-order valence-corrected chi connectivity index (χ0v) is 12.6. The Hall–Kier alpha value is -2.14. The molecular weight excluding hydrogens is 280 g/mol. The van der Waals surface area contributed by atoms with Crippen molar-refractivity contribution in [2.24, 2.45) is 7.05 Å². The Morgan fingerprint density at radius 3 is 2.73 bits per heavy atom. The van der Waals surface area contributed by atoms with Crippen LogP contribution in [0.25, 0.3) is 0 Å². The number of aliphatic hydroxyl groups excluding tert-OH is 1. The van der Waals surface area contributed by atoms with Crippen LogP contribution in [0.1, 0.15) is 41.2 Å². The van der Waals surface area contributed by atoms with Gasteiger partial charge in [0.1, 0.15) is 6.10 Å². The van der Waals surface area contributed by atoms with Gasteiger partial charge in [0.25, 0.3) is 0 Å². The average molecular weight is 300 g/mol. The Bertz CT molecular complexity index is 638. The summed E-state index contributed by atoms with van der Waals surface area (Å²) < 4.78 is 7.51. The minimum absolute atomic E-state index is 0.0242. The maximum atomic E-state index is 12.3. The lowest BCUT2D eigenvalue weighted by Crippen LogP contribution is -2.35. The average Bonchev–Trinajstić information content (AvgIpc) is 2.96. The van der Waals surface area contributed by atoms with Crippen molar-refractivity contribution in [2.75, 3.05) is 0 Å². The SMILES string of the molecule is Cn1nccc1[C@H]1C[C@H](O)CC[C@@H]1OC(=O)c1ccccc1. The van der Waals surface area contributed by atoms with E-state index in [2.05, 4.69) is 5.10 Å². The van der Waals surface area contributed by atoms with Crippen LogP contribution in [0, 0.1) is 0 Å². The molecule has 0 bridgehead atoms. The second-order valence-electron chi connectivity index (χ2n) is 5.76. The minimum Gasteiger partial charge on any atom is -0.458 e. The van der Waals surface area contributed by atoms with Crippen LogP contribution in [-0.4, -0.2) is 33.1 Å². The molecule has 0 amide bonds. The third kappa shape index (κ3) is 3.04. The molecule has 2 aromatic rings. The van der Waals surface area contributed by atoms with Crippen molar-refractivity contribution in [1.29, 1.82) is 0 Å². The molecule has 116 valence electrons. The number of hydrogen-bond donors (Lipinski definition) is 1. The molecule has 3 rings (SSSR count). The van der Waals surface area contributed by atoms with Gasteiger partial charge in [-0.15, -0.1) is 0 Å². The first kappa shape index (κ1) is 14.8. The van der Waals surface area contributed by atoms with E-state index in [9.17, 15) is 9.90 Å². The van der Waals surface area contributed by atoms with Gasteiger partial charge in [-0.3, -0.25) is 4.68 Å². The summed E-state index contributed by atoms with van der Waals surface area (Å²) in [4.78, 5) is 12.3. The Kier molecular flexibility index (Phi) is 4.24. The zero-order chi connectivity index (χ0) is 15.5. The van der Waals surface area contributed by atoms with Crippen LogP contribution >= 0.6 is 0 Å². The Balaban J connectivity index is 1.78. The molecule has 1 fully saturated rings.